The number of rotatable bonds is 5. The summed E-state index contributed by atoms with van der Waals surface area (Å²) in [6, 6.07) is 18.2. The van der Waals surface area contributed by atoms with Crippen molar-refractivity contribution < 1.29 is 22.7 Å². The molecule has 0 unspecified atom stereocenters. The first-order chi connectivity index (χ1) is 13.4. The molecular formula is C21H16FNO4S. The topological polar surface area (TPSA) is 74.7 Å². The van der Waals surface area contributed by atoms with Gasteiger partial charge in [-0.15, -0.1) is 0 Å². The minimum absolute atomic E-state index is 0.0494. The molecule has 28 heavy (non-hydrogen) atoms. The van der Waals surface area contributed by atoms with Crippen molar-refractivity contribution in [2.75, 3.05) is 4.31 Å². The van der Waals surface area contributed by atoms with E-state index in [-0.39, 0.29) is 16.3 Å². The van der Waals surface area contributed by atoms with E-state index in [2.05, 4.69) is 0 Å². The summed E-state index contributed by atoms with van der Waals surface area (Å²) in [6.45, 7) is 0. The molecule has 0 saturated heterocycles. The predicted octanol–water partition coefficient (Wildman–Crippen LogP) is 3.97. The lowest BCUT2D eigenvalue weighted by Gasteiger charge is -2.21. The van der Waals surface area contributed by atoms with Crippen molar-refractivity contribution in [3.8, 4) is 5.75 Å². The first kappa shape index (κ1) is 19.3. The first-order valence-electron chi connectivity index (χ1n) is 8.25. The van der Waals surface area contributed by atoms with Crippen LogP contribution in [-0.4, -0.2) is 19.4 Å². The second-order valence-corrected chi connectivity index (χ2v) is 7.61. The number of hydrogen-bond donors (Lipinski definition) is 1. The maximum atomic E-state index is 13.1. The van der Waals surface area contributed by atoms with Crippen molar-refractivity contribution in [2.24, 2.45) is 0 Å². The zero-order valence-corrected chi connectivity index (χ0v) is 15.4. The van der Waals surface area contributed by atoms with E-state index in [1.165, 1.54) is 66.7 Å². The van der Waals surface area contributed by atoms with E-state index in [4.69, 9.17) is 0 Å². The highest BCUT2D eigenvalue weighted by molar-refractivity contribution is 7.93. The number of amides is 1. The summed E-state index contributed by atoms with van der Waals surface area (Å²) in [5.41, 5.74) is 0.618. The molecule has 0 heterocycles. The summed E-state index contributed by atoms with van der Waals surface area (Å²) < 4.78 is 39.8. The van der Waals surface area contributed by atoms with Gasteiger partial charge in [0.1, 0.15) is 11.6 Å². The van der Waals surface area contributed by atoms with Crippen LogP contribution in [0.2, 0.25) is 0 Å². The van der Waals surface area contributed by atoms with Crippen LogP contribution in [0, 0.1) is 5.82 Å². The third kappa shape index (κ3) is 4.27. The van der Waals surface area contributed by atoms with Crippen molar-refractivity contribution in [3.63, 3.8) is 0 Å². The van der Waals surface area contributed by atoms with E-state index in [9.17, 15) is 22.7 Å². The summed E-state index contributed by atoms with van der Waals surface area (Å²) in [6.07, 6.45) is 2.50. The Morgan fingerprint density at radius 2 is 1.50 bits per heavy atom. The minimum atomic E-state index is -4.19. The molecule has 3 rings (SSSR count). The summed E-state index contributed by atoms with van der Waals surface area (Å²) in [4.78, 5) is 12.8. The molecular weight excluding hydrogens is 381 g/mol. The van der Waals surface area contributed by atoms with E-state index >= 15 is 0 Å². The van der Waals surface area contributed by atoms with Gasteiger partial charge in [0.25, 0.3) is 15.9 Å². The van der Waals surface area contributed by atoms with E-state index in [1.807, 2.05) is 0 Å². The number of phenolic OH excluding ortho intramolecular Hbond substituents is 1. The zero-order valence-electron chi connectivity index (χ0n) is 14.6. The maximum absolute atomic E-state index is 13.1. The molecule has 0 aliphatic heterocycles. The summed E-state index contributed by atoms with van der Waals surface area (Å²) >= 11 is 0. The fourth-order valence-electron chi connectivity index (χ4n) is 2.48. The Morgan fingerprint density at radius 1 is 0.893 bits per heavy atom. The van der Waals surface area contributed by atoms with Crippen LogP contribution in [-0.2, 0) is 14.8 Å². The van der Waals surface area contributed by atoms with Gasteiger partial charge in [0.2, 0.25) is 0 Å². The molecule has 1 amide bonds. The molecule has 142 valence electrons. The highest BCUT2D eigenvalue weighted by Gasteiger charge is 2.29. The second-order valence-electron chi connectivity index (χ2n) is 5.82. The van der Waals surface area contributed by atoms with Crippen LogP contribution < -0.4 is 4.31 Å². The fourth-order valence-corrected chi connectivity index (χ4v) is 3.89. The lowest BCUT2D eigenvalue weighted by atomic mass is 10.2. The van der Waals surface area contributed by atoms with Gasteiger partial charge in [-0.05, 0) is 60.2 Å². The Bertz CT molecular complexity index is 1090. The van der Waals surface area contributed by atoms with Crippen LogP contribution in [0.15, 0.2) is 89.8 Å². The quantitative estimate of drug-likeness (QED) is 0.661. The van der Waals surface area contributed by atoms with Gasteiger partial charge in [-0.2, -0.15) is 4.31 Å². The molecule has 3 aromatic carbocycles. The van der Waals surface area contributed by atoms with Crippen LogP contribution in [0.3, 0.4) is 0 Å². The van der Waals surface area contributed by atoms with Crippen molar-refractivity contribution in [1.82, 2.24) is 0 Å². The molecule has 0 bridgehead atoms. The standard InChI is InChI=1S/C21H16FNO4S/c22-17-9-6-16(7-10-17)8-15-21(25)23(18-11-13-19(24)14-12-18)28(26,27)20-4-2-1-3-5-20/h1-15,24H/b15-8+. The lowest BCUT2D eigenvalue weighted by molar-refractivity contribution is -0.113. The lowest BCUT2D eigenvalue weighted by Crippen LogP contribution is -2.35. The Balaban J connectivity index is 2.02. The summed E-state index contributed by atoms with van der Waals surface area (Å²) in [7, 11) is -4.19. The third-order valence-electron chi connectivity index (χ3n) is 3.85. The van der Waals surface area contributed by atoms with Gasteiger partial charge >= 0.3 is 0 Å². The van der Waals surface area contributed by atoms with Gasteiger partial charge in [-0.3, -0.25) is 4.79 Å². The summed E-state index contributed by atoms with van der Waals surface area (Å²) in [5.74, 6) is -1.28. The van der Waals surface area contributed by atoms with Crippen LogP contribution in [0.4, 0.5) is 10.1 Å². The number of sulfonamides is 1. The Morgan fingerprint density at radius 3 is 2.11 bits per heavy atom. The largest absolute Gasteiger partial charge is 0.508 e. The number of benzene rings is 3. The van der Waals surface area contributed by atoms with Crippen LogP contribution >= 0.6 is 0 Å². The SMILES string of the molecule is O=C(/C=C/c1ccc(F)cc1)N(c1ccc(O)cc1)S(=O)(=O)c1ccccc1. The third-order valence-corrected chi connectivity index (χ3v) is 5.59. The van der Waals surface area contributed by atoms with Gasteiger partial charge in [0.05, 0.1) is 10.6 Å². The molecule has 0 aromatic heterocycles. The molecule has 0 fully saturated rings. The van der Waals surface area contributed by atoms with Gasteiger partial charge in [0.15, 0.2) is 0 Å². The number of phenols is 1. The van der Waals surface area contributed by atoms with Crippen molar-refractivity contribution in [2.45, 2.75) is 4.90 Å². The number of hydrogen-bond acceptors (Lipinski definition) is 4. The predicted molar refractivity (Wildman–Crippen MR) is 105 cm³/mol. The second kappa shape index (κ2) is 8.06. The monoisotopic (exact) mass is 397 g/mol. The number of aromatic hydroxyl groups is 1. The van der Waals surface area contributed by atoms with E-state index < -0.39 is 21.7 Å². The zero-order chi connectivity index (χ0) is 20.1. The smallest absolute Gasteiger partial charge is 0.271 e. The minimum Gasteiger partial charge on any atom is -0.508 e. The van der Waals surface area contributed by atoms with Crippen molar-refractivity contribution in [1.29, 1.82) is 0 Å². The van der Waals surface area contributed by atoms with Crippen molar-refractivity contribution in [3.05, 3.63) is 96.3 Å². The van der Waals surface area contributed by atoms with E-state index in [1.54, 1.807) is 18.2 Å². The Labute approximate surface area is 162 Å². The highest BCUT2D eigenvalue weighted by atomic mass is 32.2. The molecule has 0 atom stereocenters. The number of carbonyl (C=O) groups is 1. The maximum Gasteiger partial charge on any atom is 0.271 e. The fraction of sp³-hybridized carbons (Fsp3) is 0. The Hall–Kier alpha value is -3.45. The van der Waals surface area contributed by atoms with Crippen LogP contribution in [0.25, 0.3) is 6.08 Å². The average molecular weight is 397 g/mol. The van der Waals surface area contributed by atoms with Crippen LogP contribution in [0.1, 0.15) is 5.56 Å². The number of carbonyl (C=O) groups excluding carboxylic acids is 1. The highest BCUT2D eigenvalue weighted by Crippen LogP contribution is 2.26. The van der Waals surface area contributed by atoms with Gasteiger partial charge in [0, 0.05) is 6.08 Å². The molecule has 0 saturated carbocycles. The molecule has 7 heteroatoms. The normalized spacial score (nSPS) is 11.5. The van der Waals surface area contributed by atoms with E-state index in [0.717, 1.165) is 6.08 Å². The first-order valence-corrected chi connectivity index (χ1v) is 9.69. The van der Waals surface area contributed by atoms with Crippen molar-refractivity contribution >= 4 is 27.7 Å². The average Bonchev–Trinajstić information content (AvgIpc) is 2.70. The molecule has 0 spiro atoms. The Kier molecular flexibility index (Phi) is 5.56. The molecule has 0 aliphatic rings. The number of halogens is 1. The molecule has 0 aliphatic carbocycles. The van der Waals surface area contributed by atoms with Gasteiger partial charge in [-0.1, -0.05) is 30.3 Å². The van der Waals surface area contributed by atoms with Gasteiger partial charge in [-0.25, -0.2) is 12.8 Å². The molecule has 0 radical (unpaired) electrons. The molecule has 5 nitrogen and oxygen atoms in total. The number of anilines is 1. The van der Waals surface area contributed by atoms with Gasteiger partial charge < -0.3 is 5.11 Å². The molecule has 1 N–H and O–H groups in total. The van der Waals surface area contributed by atoms with Crippen LogP contribution in [0.5, 0.6) is 5.75 Å². The number of nitrogens with zero attached hydrogens (tertiary/aromatic N) is 1. The van der Waals surface area contributed by atoms with E-state index in [0.29, 0.717) is 9.87 Å². The molecule has 3 aromatic rings. The summed E-state index contributed by atoms with van der Waals surface area (Å²) in [5, 5.41) is 9.47.